The van der Waals surface area contributed by atoms with Crippen LogP contribution in [0.5, 0.6) is 11.5 Å². The van der Waals surface area contributed by atoms with Gasteiger partial charge in [0.05, 0.1) is 52.4 Å². The number of aromatic hydroxyl groups is 1. The van der Waals surface area contributed by atoms with Crippen LogP contribution in [0.3, 0.4) is 0 Å². The number of hydrogen-bond acceptors (Lipinski definition) is 38. The Hall–Kier alpha value is -4.18. The minimum absolute atomic E-state index is 0.0950. The first-order valence-electron chi connectivity index (χ1n) is 30.8. The van der Waals surface area contributed by atoms with Gasteiger partial charge in [0.2, 0.25) is 0 Å². The molecule has 0 saturated carbocycles. The van der Waals surface area contributed by atoms with Crippen LogP contribution in [0, 0.1) is 0 Å². The monoisotopic (exact) mass is 1380 g/mol. The Kier molecular flexibility index (Phi) is 23.9. The Morgan fingerprint density at radius 2 is 0.552 bits per heavy atom. The molecule has 21 N–H and O–H groups in total. The molecule has 2 aromatic carbocycles. The molecule has 0 radical (unpaired) electrons. The Morgan fingerprint density at radius 3 is 0.812 bits per heavy atom. The van der Waals surface area contributed by atoms with E-state index in [1.807, 2.05) is 0 Å². The average molecular weight is 1380 g/mol. The number of benzene rings is 2. The smallest absolute Gasteiger partial charge is 0.187 e. The molecule has 22 heterocycles. The highest BCUT2D eigenvalue weighted by molar-refractivity contribution is 5.64. The molecule has 0 amide bonds. The molecular formula is C57H81N3O36. The largest absolute Gasteiger partial charge is 0.508 e. The van der Waals surface area contributed by atoms with E-state index in [0.717, 1.165) is 11.1 Å². The number of ether oxygens (including phenoxy) is 15. The molecule has 540 valence electrons. The van der Waals surface area contributed by atoms with Crippen molar-refractivity contribution in [1.29, 1.82) is 0 Å². The SMILES string of the molecule is OC[C@H]1O[C@@H]2O[C@H]3[C@H](O)[C@@H](O)[C@@H](O[C@H]4[C@H](O)[C@@H](O)[C@@H](O[C@H]5[C@H](O)[C@@H](O)[C@@H](O[C@H]6[C@H](O)[C@@H](O)[C@@H](O[C@H]7[C@H](O)[C@@H](O)[C@@H](O[C@H]8[C@H](O)[C@@H](O)[C@@H](O[C@H]1[C@H](O)[C@H]2O)O[C@@H]8CO)O[C@@H]7CO)O[C@@H]6CO)O[C@@H]5Cn1cc(COc2ccc(-c5ccc(O)cc5)cc2)nn1)O[C@@H]4CO)O[C@@H]3CO. The molecular weight excluding hydrogens is 1300 g/mol. The van der Waals surface area contributed by atoms with Gasteiger partial charge in [-0.25, -0.2) is 4.68 Å². The molecule has 39 nitrogen and oxygen atoms in total. The second-order valence-corrected chi connectivity index (χ2v) is 24.3. The van der Waals surface area contributed by atoms with E-state index < -0.39 is 261 Å². The molecule has 21 aliphatic heterocycles. The van der Waals surface area contributed by atoms with Gasteiger partial charge in [-0.15, -0.1) is 5.10 Å². The summed E-state index contributed by atoms with van der Waals surface area (Å²) < 4.78 is 89.0. The number of hydrogen-bond donors (Lipinski definition) is 21. The van der Waals surface area contributed by atoms with Crippen molar-refractivity contribution in [3.8, 4) is 22.6 Å². The third kappa shape index (κ3) is 14.9. The lowest BCUT2D eigenvalue weighted by Gasteiger charge is -2.50. The average Bonchev–Trinajstić information content (AvgIpc) is 0.805. The molecule has 96 heavy (non-hydrogen) atoms. The van der Waals surface area contributed by atoms with Crippen LogP contribution in [-0.4, -0.2) is 377 Å². The zero-order valence-electron chi connectivity index (χ0n) is 50.4. The first-order chi connectivity index (χ1) is 46.0. The van der Waals surface area contributed by atoms with E-state index >= 15 is 0 Å². The van der Waals surface area contributed by atoms with Crippen molar-refractivity contribution < 1.29 is 178 Å². The van der Waals surface area contributed by atoms with Gasteiger partial charge < -0.3 is 178 Å². The second kappa shape index (κ2) is 31.4. The maximum Gasteiger partial charge on any atom is 0.187 e. The number of rotatable bonds is 12. The van der Waals surface area contributed by atoms with Crippen LogP contribution in [0.15, 0.2) is 54.7 Å². The molecule has 21 fully saturated rings. The van der Waals surface area contributed by atoms with Crippen molar-refractivity contribution in [1.82, 2.24) is 15.0 Å². The summed E-state index contributed by atoms with van der Waals surface area (Å²) in [5.41, 5.74) is 1.87. The van der Waals surface area contributed by atoms with Gasteiger partial charge in [-0.1, -0.05) is 29.5 Å². The molecule has 39 heteroatoms. The number of nitrogens with zero attached hydrogens (tertiary/aromatic N) is 3. The van der Waals surface area contributed by atoms with Crippen LogP contribution in [-0.2, 0) is 79.5 Å². The third-order valence-corrected chi connectivity index (χ3v) is 18.0. The van der Waals surface area contributed by atoms with Gasteiger partial charge in [0.1, 0.15) is 195 Å². The predicted molar refractivity (Wildman–Crippen MR) is 299 cm³/mol. The van der Waals surface area contributed by atoms with Gasteiger partial charge in [0.25, 0.3) is 0 Å². The lowest BCUT2D eigenvalue weighted by molar-refractivity contribution is -0.396. The van der Waals surface area contributed by atoms with Gasteiger partial charge in [-0.2, -0.15) is 0 Å². The highest BCUT2D eigenvalue weighted by Gasteiger charge is 2.60. The molecule has 35 atom stereocenters. The van der Waals surface area contributed by atoms with Crippen molar-refractivity contribution in [3.05, 3.63) is 60.4 Å². The molecule has 14 bridgehead atoms. The van der Waals surface area contributed by atoms with Crippen molar-refractivity contribution in [3.63, 3.8) is 0 Å². The van der Waals surface area contributed by atoms with Gasteiger partial charge >= 0.3 is 0 Å². The molecule has 24 rings (SSSR count). The Bertz CT molecular complexity index is 2900. The van der Waals surface area contributed by atoms with Crippen LogP contribution < -0.4 is 4.74 Å². The molecule has 3 aromatic rings. The first kappa shape index (κ1) is 73.1. The van der Waals surface area contributed by atoms with E-state index in [1.165, 1.54) is 23.0 Å². The van der Waals surface area contributed by atoms with Crippen LogP contribution in [0.1, 0.15) is 5.69 Å². The quantitative estimate of drug-likeness (QED) is 0.0801. The Morgan fingerprint density at radius 1 is 0.312 bits per heavy atom. The minimum atomic E-state index is -2.25. The molecule has 0 aliphatic carbocycles. The van der Waals surface area contributed by atoms with Gasteiger partial charge in [-0.3, -0.25) is 0 Å². The highest BCUT2D eigenvalue weighted by atomic mass is 16.8. The first-order valence-corrected chi connectivity index (χ1v) is 30.8. The molecule has 21 aliphatic rings. The summed E-state index contributed by atoms with van der Waals surface area (Å²) in [7, 11) is 0. The lowest BCUT2D eigenvalue weighted by atomic mass is 9.95. The summed E-state index contributed by atoms with van der Waals surface area (Å²) >= 11 is 0. The number of phenolic OH excluding ortho intramolecular Hbond substituents is 1. The fourth-order valence-corrected chi connectivity index (χ4v) is 12.6. The fourth-order valence-electron chi connectivity index (χ4n) is 12.6. The second-order valence-electron chi connectivity index (χ2n) is 24.3. The van der Waals surface area contributed by atoms with Crippen LogP contribution >= 0.6 is 0 Å². The summed E-state index contributed by atoms with van der Waals surface area (Å²) in [4.78, 5) is 0. The topological polar surface area (TPSA) is 594 Å². The summed E-state index contributed by atoms with van der Waals surface area (Å²) in [6.07, 6.45) is -69.7. The Balaban J connectivity index is 0.872. The summed E-state index contributed by atoms with van der Waals surface area (Å²) in [5.74, 6) is 0.514. The van der Waals surface area contributed by atoms with Gasteiger partial charge in [-0.05, 0) is 35.4 Å². The lowest BCUT2D eigenvalue weighted by Crippen LogP contribution is -2.68. The van der Waals surface area contributed by atoms with Crippen LogP contribution in [0.4, 0.5) is 0 Å². The Labute approximate surface area is 542 Å². The van der Waals surface area contributed by atoms with Crippen molar-refractivity contribution in [2.24, 2.45) is 0 Å². The van der Waals surface area contributed by atoms with Crippen molar-refractivity contribution in [2.45, 2.75) is 228 Å². The minimum Gasteiger partial charge on any atom is -0.508 e. The molecule has 1 aromatic heterocycles. The zero-order valence-corrected chi connectivity index (χ0v) is 50.4. The predicted octanol–water partition coefficient (Wildman–Crippen LogP) is -12.0. The number of aliphatic hydroxyl groups is 20. The summed E-state index contributed by atoms with van der Waals surface area (Å²) in [6.45, 7) is -7.04. The zero-order chi connectivity index (χ0) is 68.7. The summed E-state index contributed by atoms with van der Waals surface area (Å²) in [6, 6.07) is 13.5. The van der Waals surface area contributed by atoms with Crippen molar-refractivity contribution >= 4 is 0 Å². The van der Waals surface area contributed by atoms with E-state index in [0.29, 0.717) is 5.75 Å². The van der Waals surface area contributed by atoms with E-state index in [1.54, 1.807) is 36.4 Å². The fraction of sp³-hybridized carbons (Fsp3) is 0.754. The van der Waals surface area contributed by atoms with E-state index in [4.69, 9.17) is 71.1 Å². The maximum absolute atomic E-state index is 12.0. The molecule has 21 saturated heterocycles. The maximum atomic E-state index is 12.0. The number of aromatic nitrogens is 3. The molecule has 0 spiro atoms. The van der Waals surface area contributed by atoms with Gasteiger partial charge in [0.15, 0.2) is 44.0 Å². The van der Waals surface area contributed by atoms with E-state index in [-0.39, 0.29) is 18.1 Å². The van der Waals surface area contributed by atoms with E-state index in [2.05, 4.69) is 10.3 Å². The van der Waals surface area contributed by atoms with Crippen LogP contribution in [0.2, 0.25) is 0 Å². The normalized spacial score (nSPS) is 46.6. The third-order valence-electron chi connectivity index (χ3n) is 18.0. The molecule has 0 unspecified atom stereocenters. The van der Waals surface area contributed by atoms with Crippen molar-refractivity contribution in [2.75, 3.05) is 39.6 Å². The summed E-state index contributed by atoms with van der Waals surface area (Å²) in [5, 5.41) is 243. The number of aliphatic hydroxyl groups excluding tert-OH is 20. The standard InChI is InChI=1S/C57H81N3O36/c61-11-24-45-32(70)39(77)53(85-24)93-47-26(13-63)87-55(41(79)34(47)72)95-49-28(15-65)89-57(43(81)36(49)74)96-50-29(16-66)88-56(42(80)35(50)73)94-48-27(14-64)86-54(40(78)33(48)71)92-46-25(12-62)84-52(38(76)31(46)69)90-44-23(83-51(91-45)37(75)30(44)68)10-60-9-20(58-59-60)17-82-22-7-3-19(4-8-22)18-1-5-21(67)6-2-18/h1-9,23-57,61-81H,10-17H2/t23-,24-,25-,26-,27-,28-,29-,30-,31-,32-,33-,34-,35-,36-,37-,38-,39-,40-,41-,42-,43-,44-,45-,46-,47-,48-,49-,50-,51-,52-,53-,54-,55-,56-,57-/m1/s1. The van der Waals surface area contributed by atoms with Gasteiger partial charge in [0, 0.05) is 0 Å². The highest BCUT2D eigenvalue weighted by Crippen LogP contribution is 2.40. The van der Waals surface area contributed by atoms with Crippen LogP contribution in [0.25, 0.3) is 11.1 Å². The van der Waals surface area contributed by atoms with E-state index in [9.17, 15) is 107 Å². The number of phenols is 1.